The lowest BCUT2D eigenvalue weighted by Gasteiger charge is -2.19. The zero-order chi connectivity index (χ0) is 25.5. The summed E-state index contributed by atoms with van der Waals surface area (Å²) in [6.45, 7) is 6.11. The summed E-state index contributed by atoms with van der Waals surface area (Å²) < 4.78 is 50.1. The van der Waals surface area contributed by atoms with E-state index in [1.807, 2.05) is 32.9 Å². The summed E-state index contributed by atoms with van der Waals surface area (Å²) in [6.07, 6.45) is -4.91. The van der Waals surface area contributed by atoms with Crippen molar-refractivity contribution in [1.29, 1.82) is 0 Å². The van der Waals surface area contributed by atoms with Crippen LogP contribution in [0.5, 0.6) is 17.2 Å². The molecule has 35 heavy (non-hydrogen) atoms. The standard InChI is InChI=1S/C26H21ClF3NO4/c1-25(2,3)15-4-8-17(9-5-15)31-21-14-19(35-26(28,29)30)12-13-20(21)23(22(31)24(32)33)34-18-10-6-16(27)7-11-18/h4-14H,1-3H3,(H,32,33). The minimum atomic E-state index is -4.91. The smallest absolute Gasteiger partial charge is 0.476 e. The van der Waals surface area contributed by atoms with Gasteiger partial charge in [-0.2, -0.15) is 0 Å². The Bertz CT molecular complexity index is 1390. The van der Waals surface area contributed by atoms with E-state index in [1.54, 1.807) is 36.4 Å². The van der Waals surface area contributed by atoms with Crippen molar-refractivity contribution in [3.63, 3.8) is 0 Å². The van der Waals surface area contributed by atoms with Gasteiger partial charge >= 0.3 is 12.3 Å². The second-order valence-corrected chi connectivity index (χ2v) is 9.33. The Hall–Kier alpha value is -3.65. The van der Waals surface area contributed by atoms with Gasteiger partial charge in [-0.1, -0.05) is 44.5 Å². The van der Waals surface area contributed by atoms with Crippen molar-refractivity contribution >= 4 is 28.5 Å². The lowest BCUT2D eigenvalue weighted by Crippen LogP contribution is -2.17. The number of nitrogens with zero attached hydrogens (tertiary/aromatic N) is 1. The quantitative estimate of drug-likeness (QED) is 0.300. The average molecular weight is 504 g/mol. The first-order valence-electron chi connectivity index (χ1n) is 10.6. The number of halogens is 4. The zero-order valence-electron chi connectivity index (χ0n) is 19.0. The summed E-state index contributed by atoms with van der Waals surface area (Å²) in [4.78, 5) is 12.4. The van der Waals surface area contributed by atoms with Gasteiger partial charge < -0.3 is 19.1 Å². The molecule has 0 aliphatic rings. The number of aromatic carboxylic acids is 1. The Morgan fingerprint density at radius 2 is 1.51 bits per heavy atom. The van der Waals surface area contributed by atoms with Crippen LogP contribution in [0.1, 0.15) is 36.8 Å². The monoisotopic (exact) mass is 503 g/mol. The molecule has 1 aromatic heterocycles. The van der Waals surface area contributed by atoms with Crippen LogP contribution in [0.4, 0.5) is 13.2 Å². The fourth-order valence-corrected chi connectivity index (χ4v) is 3.86. The minimum Gasteiger partial charge on any atom is -0.476 e. The van der Waals surface area contributed by atoms with E-state index >= 15 is 0 Å². The highest BCUT2D eigenvalue weighted by Gasteiger charge is 2.32. The lowest BCUT2D eigenvalue weighted by molar-refractivity contribution is -0.274. The van der Waals surface area contributed by atoms with Gasteiger partial charge in [0, 0.05) is 22.2 Å². The fourth-order valence-electron chi connectivity index (χ4n) is 3.73. The van der Waals surface area contributed by atoms with Crippen molar-refractivity contribution in [3.05, 3.63) is 83.0 Å². The number of fused-ring (bicyclic) bond motifs is 1. The number of ether oxygens (including phenoxy) is 2. The van der Waals surface area contributed by atoms with Gasteiger partial charge in [-0.15, -0.1) is 13.2 Å². The van der Waals surface area contributed by atoms with Gasteiger partial charge in [-0.05, 0) is 59.5 Å². The summed E-state index contributed by atoms with van der Waals surface area (Å²) in [5.41, 5.74) is 1.23. The Morgan fingerprint density at radius 1 is 0.914 bits per heavy atom. The summed E-state index contributed by atoms with van der Waals surface area (Å²) in [5.74, 6) is -1.50. The van der Waals surface area contributed by atoms with Gasteiger partial charge in [-0.25, -0.2) is 4.79 Å². The average Bonchev–Trinajstić information content (AvgIpc) is 3.07. The Kier molecular flexibility index (Phi) is 6.19. The summed E-state index contributed by atoms with van der Waals surface area (Å²) in [7, 11) is 0. The summed E-state index contributed by atoms with van der Waals surface area (Å²) >= 11 is 5.93. The highest BCUT2D eigenvalue weighted by molar-refractivity contribution is 6.30. The van der Waals surface area contributed by atoms with E-state index in [1.165, 1.54) is 10.6 Å². The third kappa shape index (κ3) is 5.22. The molecule has 0 radical (unpaired) electrons. The number of alkyl halides is 3. The molecule has 0 aliphatic carbocycles. The van der Waals surface area contributed by atoms with Crippen molar-refractivity contribution in [2.45, 2.75) is 32.5 Å². The van der Waals surface area contributed by atoms with E-state index in [0.717, 1.165) is 17.7 Å². The van der Waals surface area contributed by atoms with E-state index in [0.29, 0.717) is 21.8 Å². The molecule has 0 unspecified atom stereocenters. The number of carboxylic acids is 1. The van der Waals surface area contributed by atoms with Crippen LogP contribution in [0.2, 0.25) is 5.02 Å². The van der Waals surface area contributed by atoms with Gasteiger partial charge in [-0.3, -0.25) is 0 Å². The Morgan fingerprint density at radius 3 is 2.06 bits per heavy atom. The van der Waals surface area contributed by atoms with Crippen molar-refractivity contribution < 1.29 is 32.5 Å². The molecule has 1 N–H and O–H groups in total. The van der Waals surface area contributed by atoms with E-state index in [-0.39, 0.29) is 22.4 Å². The number of hydrogen-bond donors (Lipinski definition) is 1. The minimum absolute atomic E-state index is 0.0201. The second-order valence-electron chi connectivity index (χ2n) is 8.90. The maximum absolute atomic E-state index is 12.9. The van der Waals surface area contributed by atoms with E-state index in [9.17, 15) is 23.1 Å². The van der Waals surface area contributed by atoms with Crippen LogP contribution in [0.25, 0.3) is 16.6 Å². The number of rotatable bonds is 5. The molecule has 0 saturated carbocycles. The Labute approximate surface area is 204 Å². The number of hydrogen-bond acceptors (Lipinski definition) is 3. The molecule has 0 fully saturated rings. The molecule has 3 aromatic carbocycles. The molecule has 5 nitrogen and oxygen atoms in total. The maximum atomic E-state index is 12.9. The third-order valence-corrected chi connectivity index (χ3v) is 5.61. The van der Waals surface area contributed by atoms with Crippen molar-refractivity contribution in [3.8, 4) is 22.9 Å². The normalized spacial score (nSPS) is 12.1. The van der Waals surface area contributed by atoms with Crippen molar-refractivity contribution in [1.82, 2.24) is 4.57 Å². The largest absolute Gasteiger partial charge is 0.573 e. The molecule has 182 valence electrons. The summed E-state index contributed by atoms with van der Waals surface area (Å²) in [5, 5.41) is 10.9. The van der Waals surface area contributed by atoms with Gasteiger partial charge in [0.2, 0.25) is 0 Å². The first-order valence-corrected chi connectivity index (χ1v) is 10.9. The molecule has 4 rings (SSSR count). The molecule has 0 saturated heterocycles. The van der Waals surface area contributed by atoms with Crippen LogP contribution in [-0.4, -0.2) is 22.0 Å². The molecule has 0 bridgehead atoms. The van der Waals surface area contributed by atoms with Crippen molar-refractivity contribution in [2.75, 3.05) is 0 Å². The lowest BCUT2D eigenvalue weighted by atomic mass is 9.87. The molecule has 0 amide bonds. The van der Waals surface area contributed by atoms with Gasteiger partial charge in [0.1, 0.15) is 11.5 Å². The molecular weight excluding hydrogens is 483 g/mol. The maximum Gasteiger partial charge on any atom is 0.573 e. The Balaban J connectivity index is 1.97. The topological polar surface area (TPSA) is 60.7 Å². The van der Waals surface area contributed by atoms with E-state index in [4.69, 9.17) is 16.3 Å². The molecule has 9 heteroatoms. The number of aromatic nitrogens is 1. The predicted octanol–water partition coefficient (Wildman–Crippen LogP) is 7.97. The molecular formula is C26H21ClF3NO4. The highest BCUT2D eigenvalue weighted by atomic mass is 35.5. The summed E-state index contributed by atoms with van der Waals surface area (Å²) in [6, 6.07) is 17.0. The molecule has 0 atom stereocenters. The van der Waals surface area contributed by atoms with Gasteiger partial charge in [0.15, 0.2) is 11.4 Å². The van der Waals surface area contributed by atoms with Crippen molar-refractivity contribution in [2.24, 2.45) is 0 Å². The van der Waals surface area contributed by atoms with Gasteiger partial charge in [0.05, 0.1) is 5.52 Å². The van der Waals surface area contributed by atoms with Crippen LogP contribution >= 0.6 is 11.6 Å². The number of carbonyl (C=O) groups is 1. The van der Waals surface area contributed by atoms with Crippen LogP contribution in [0.3, 0.4) is 0 Å². The van der Waals surface area contributed by atoms with E-state index < -0.39 is 18.1 Å². The number of benzene rings is 3. The number of carboxylic acid groups (broad SMARTS) is 1. The van der Waals surface area contributed by atoms with Gasteiger partial charge in [0.25, 0.3) is 0 Å². The predicted molar refractivity (Wildman–Crippen MR) is 127 cm³/mol. The molecule has 0 spiro atoms. The first-order chi connectivity index (χ1) is 16.3. The van der Waals surface area contributed by atoms with Crippen LogP contribution < -0.4 is 9.47 Å². The SMILES string of the molecule is CC(C)(C)c1ccc(-n2c(C(=O)O)c(Oc3ccc(Cl)cc3)c3ccc(OC(F)(F)F)cc32)cc1. The zero-order valence-corrected chi connectivity index (χ0v) is 19.7. The molecule has 1 heterocycles. The third-order valence-electron chi connectivity index (χ3n) is 5.35. The van der Waals surface area contributed by atoms with E-state index in [2.05, 4.69) is 4.74 Å². The molecule has 0 aliphatic heterocycles. The molecule has 4 aromatic rings. The van der Waals surface area contributed by atoms with Crippen LogP contribution in [0, 0.1) is 0 Å². The fraction of sp³-hybridized carbons (Fsp3) is 0.192. The van der Waals surface area contributed by atoms with Crippen LogP contribution in [-0.2, 0) is 5.41 Å². The van der Waals surface area contributed by atoms with Crippen LogP contribution in [0.15, 0.2) is 66.7 Å². The highest BCUT2D eigenvalue weighted by Crippen LogP contribution is 2.41. The first kappa shape index (κ1) is 24.5. The second kappa shape index (κ2) is 8.85.